The third-order valence-corrected chi connectivity index (χ3v) is 5.53. The first kappa shape index (κ1) is 33.5. The van der Waals surface area contributed by atoms with Crippen LogP contribution in [0.4, 0.5) is 62.8 Å². The van der Waals surface area contributed by atoms with Crippen molar-refractivity contribution < 1.29 is 71.7 Å². The molecule has 0 aliphatic heterocycles. The quantitative estimate of drug-likeness (QED) is 0.228. The van der Waals surface area contributed by atoms with E-state index in [1.807, 2.05) is 0 Å². The second-order valence-electron chi connectivity index (χ2n) is 8.76. The summed E-state index contributed by atoms with van der Waals surface area (Å²) in [4.78, 5) is 4.07. The van der Waals surface area contributed by atoms with Crippen LogP contribution < -0.4 is 14.4 Å². The molecule has 3 rings (SSSR count). The maximum atomic E-state index is 14.3. The van der Waals surface area contributed by atoms with Crippen LogP contribution in [0.15, 0.2) is 66.9 Å². The van der Waals surface area contributed by atoms with Crippen molar-refractivity contribution in [1.29, 1.82) is 0 Å². The number of aliphatic hydroxyl groups excluding tert-OH is 1. The minimum absolute atomic E-state index is 0.196. The van der Waals surface area contributed by atoms with Crippen molar-refractivity contribution in [3.63, 3.8) is 0 Å². The number of halogens is 13. The summed E-state index contributed by atoms with van der Waals surface area (Å²) < 4.78 is 180. The highest BCUT2D eigenvalue weighted by molar-refractivity contribution is 5.52. The normalized spacial score (nSPS) is 13.9. The Morgan fingerprint density at radius 3 is 2.00 bits per heavy atom. The van der Waals surface area contributed by atoms with E-state index in [9.17, 15) is 62.2 Å². The molecule has 236 valence electrons. The largest absolute Gasteiger partial charge is 0.574 e. The molecular formula is C25H17F13N2O3. The Hall–Kier alpha value is -3.96. The fraction of sp³-hybridized carbons (Fsp3) is 0.320. The number of aromatic nitrogens is 1. The van der Waals surface area contributed by atoms with Gasteiger partial charge in [0.1, 0.15) is 11.5 Å². The van der Waals surface area contributed by atoms with Crippen LogP contribution in [0.1, 0.15) is 11.1 Å². The first-order valence-electron chi connectivity index (χ1n) is 11.5. The van der Waals surface area contributed by atoms with Gasteiger partial charge < -0.3 is 19.5 Å². The lowest BCUT2D eigenvalue weighted by Crippen LogP contribution is -2.50. The summed E-state index contributed by atoms with van der Waals surface area (Å²) in [6.07, 6.45) is -19.1. The summed E-state index contributed by atoms with van der Waals surface area (Å²) in [5, 5.41) is 9.65. The number of ether oxygens (including phenoxy) is 2. The molecule has 1 atom stereocenters. The Labute approximate surface area is 233 Å². The summed E-state index contributed by atoms with van der Waals surface area (Å²) in [7, 11) is 0. The molecule has 0 bridgehead atoms. The first-order valence-corrected chi connectivity index (χ1v) is 11.5. The van der Waals surface area contributed by atoms with Gasteiger partial charge in [-0.25, -0.2) is 4.98 Å². The summed E-state index contributed by atoms with van der Waals surface area (Å²) in [5.41, 5.74) is -2.44. The van der Waals surface area contributed by atoms with E-state index in [1.54, 1.807) is 0 Å². The number of nitrogens with zero attached hydrogens (tertiary/aromatic N) is 2. The molecule has 0 spiro atoms. The zero-order valence-electron chi connectivity index (χ0n) is 20.9. The van der Waals surface area contributed by atoms with Gasteiger partial charge in [-0.15, -0.1) is 13.2 Å². The average Bonchev–Trinajstić information content (AvgIpc) is 2.86. The molecule has 18 heteroatoms. The number of hydrogen-bond acceptors (Lipinski definition) is 5. The van der Waals surface area contributed by atoms with Crippen molar-refractivity contribution in [1.82, 2.24) is 4.98 Å². The molecule has 0 fully saturated rings. The van der Waals surface area contributed by atoms with E-state index >= 15 is 0 Å². The van der Waals surface area contributed by atoms with Crippen LogP contribution in [-0.2, 0) is 12.5 Å². The molecule has 0 amide bonds. The fourth-order valence-electron chi connectivity index (χ4n) is 3.53. The number of alkyl halides is 13. The highest BCUT2D eigenvalue weighted by Gasteiger charge is 2.73. The van der Waals surface area contributed by atoms with Gasteiger partial charge in [-0.05, 0) is 29.8 Å². The van der Waals surface area contributed by atoms with Crippen molar-refractivity contribution in [3.8, 4) is 17.4 Å². The third kappa shape index (κ3) is 8.32. The topological polar surface area (TPSA) is 54.8 Å². The Morgan fingerprint density at radius 2 is 1.40 bits per heavy atom. The van der Waals surface area contributed by atoms with Crippen molar-refractivity contribution in [2.45, 2.75) is 43.2 Å². The van der Waals surface area contributed by atoms with E-state index in [1.165, 1.54) is 12.1 Å². The molecule has 0 radical (unpaired) electrons. The lowest BCUT2D eigenvalue weighted by atomic mass is 9.99. The zero-order valence-corrected chi connectivity index (χ0v) is 20.9. The van der Waals surface area contributed by atoms with Crippen molar-refractivity contribution >= 4 is 5.69 Å². The molecule has 43 heavy (non-hydrogen) atoms. The molecule has 5 nitrogen and oxygen atoms in total. The van der Waals surface area contributed by atoms with Gasteiger partial charge in [0.2, 0.25) is 5.88 Å². The first-order chi connectivity index (χ1) is 19.6. The van der Waals surface area contributed by atoms with Gasteiger partial charge in [-0.3, -0.25) is 0 Å². The van der Waals surface area contributed by atoms with Gasteiger partial charge in [0, 0.05) is 36.1 Å². The van der Waals surface area contributed by atoms with E-state index in [0.29, 0.717) is 6.07 Å². The number of aliphatic hydroxyl groups is 1. The minimum Gasteiger partial charge on any atom is -0.457 e. The molecule has 3 aromatic rings. The second-order valence-corrected chi connectivity index (χ2v) is 8.76. The summed E-state index contributed by atoms with van der Waals surface area (Å²) >= 11 is 0. The number of rotatable bonds is 10. The maximum absolute atomic E-state index is 14.3. The third-order valence-electron chi connectivity index (χ3n) is 5.53. The van der Waals surface area contributed by atoms with Crippen molar-refractivity contribution in [3.05, 3.63) is 78.0 Å². The van der Waals surface area contributed by atoms with Crippen LogP contribution in [0.25, 0.3) is 0 Å². The molecule has 0 saturated heterocycles. The van der Waals surface area contributed by atoms with Crippen LogP contribution in [-0.4, -0.2) is 47.4 Å². The summed E-state index contributed by atoms with van der Waals surface area (Å²) in [6, 6.07) is 8.58. The lowest BCUT2D eigenvalue weighted by Gasteiger charge is -2.30. The summed E-state index contributed by atoms with van der Waals surface area (Å²) in [5.74, 6) is -13.6. The highest BCUT2D eigenvalue weighted by Crippen LogP contribution is 2.51. The molecule has 2 aromatic carbocycles. The van der Waals surface area contributed by atoms with Gasteiger partial charge in [0.15, 0.2) is 6.10 Å². The van der Waals surface area contributed by atoms with Gasteiger partial charge in [0.05, 0.1) is 6.54 Å². The zero-order chi connectivity index (χ0) is 32.4. The molecule has 0 aliphatic carbocycles. The van der Waals surface area contributed by atoms with Crippen LogP contribution in [0.2, 0.25) is 0 Å². The Bertz CT molecular complexity index is 1390. The smallest absolute Gasteiger partial charge is 0.457 e. The van der Waals surface area contributed by atoms with E-state index < -0.39 is 66.8 Å². The number of anilines is 1. The van der Waals surface area contributed by atoms with Crippen LogP contribution in [0, 0.1) is 0 Å². The Morgan fingerprint density at radius 1 is 0.767 bits per heavy atom. The average molecular weight is 640 g/mol. The van der Waals surface area contributed by atoms with Crippen LogP contribution >= 0.6 is 0 Å². The minimum atomic E-state index is -6.63. The highest BCUT2D eigenvalue weighted by atomic mass is 19.4. The second kappa shape index (κ2) is 12.0. The van der Waals surface area contributed by atoms with Crippen LogP contribution in [0.3, 0.4) is 0 Å². The van der Waals surface area contributed by atoms with E-state index in [0.717, 1.165) is 41.4 Å². The predicted molar refractivity (Wildman–Crippen MR) is 122 cm³/mol. The molecular weight excluding hydrogens is 623 g/mol. The number of pyridine rings is 1. The van der Waals surface area contributed by atoms with E-state index in [4.69, 9.17) is 4.74 Å². The van der Waals surface area contributed by atoms with E-state index in [2.05, 4.69) is 9.72 Å². The molecule has 0 aliphatic rings. The van der Waals surface area contributed by atoms with Gasteiger partial charge in [0.25, 0.3) is 0 Å². The van der Waals surface area contributed by atoms with Crippen molar-refractivity contribution in [2.75, 3.05) is 11.4 Å². The van der Waals surface area contributed by atoms with Gasteiger partial charge in [-0.2, -0.15) is 43.9 Å². The fourth-order valence-corrected chi connectivity index (χ4v) is 3.53. The predicted octanol–water partition coefficient (Wildman–Crippen LogP) is 7.99. The Balaban J connectivity index is 1.95. The van der Waals surface area contributed by atoms with Gasteiger partial charge in [-0.1, -0.05) is 24.3 Å². The van der Waals surface area contributed by atoms with E-state index in [-0.39, 0.29) is 29.3 Å². The SMILES string of the molecule is OC(CN(Cc1cccc(C(F)(F)C(F)(F)C(F)(F)F)c1)c1cccc(Oc2ccnc(OC(F)(F)F)c2)c1)C(F)(F)F. The maximum Gasteiger partial charge on any atom is 0.574 e. The van der Waals surface area contributed by atoms with Gasteiger partial charge >= 0.3 is 30.6 Å². The lowest BCUT2D eigenvalue weighted by molar-refractivity contribution is -0.359. The number of benzene rings is 2. The molecule has 0 saturated carbocycles. The Kier molecular flexibility index (Phi) is 9.33. The standard InChI is InChI=1S/C25H17F13N2O3/c26-21(27,23(31,32)24(33,34)35)15-4-1-3-14(9-15)12-40(13-19(41)22(28,29)30)16-5-2-6-17(10-16)42-18-7-8-39-20(11-18)43-25(36,37)38/h1-11,19,41H,12-13H2. The molecule has 1 N–H and O–H groups in total. The molecule has 1 heterocycles. The number of hydrogen-bond donors (Lipinski definition) is 1. The van der Waals surface area contributed by atoms with Crippen molar-refractivity contribution in [2.24, 2.45) is 0 Å². The molecule has 1 aromatic heterocycles. The monoisotopic (exact) mass is 640 g/mol. The molecule has 1 unspecified atom stereocenters. The van der Waals surface area contributed by atoms with Crippen LogP contribution in [0.5, 0.6) is 17.4 Å². The summed E-state index contributed by atoms with van der Waals surface area (Å²) in [6.45, 7) is -2.10.